The van der Waals surface area contributed by atoms with Gasteiger partial charge < -0.3 is 15.0 Å². The van der Waals surface area contributed by atoms with E-state index in [1.165, 1.54) is 27.6 Å². The Labute approximate surface area is 211 Å². The highest BCUT2D eigenvalue weighted by atomic mass is 35.5. The number of hydrogen-bond acceptors (Lipinski definition) is 2. The molecule has 0 fully saturated rings. The minimum atomic E-state index is -0.601. The molecule has 1 aromatic heterocycles. The van der Waals surface area contributed by atoms with Gasteiger partial charge in [0.25, 0.3) is 0 Å². The number of fused-ring (bicyclic) bond motifs is 1. The summed E-state index contributed by atoms with van der Waals surface area (Å²) in [7, 11) is 0. The van der Waals surface area contributed by atoms with Crippen molar-refractivity contribution in [3.8, 4) is 22.4 Å². The van der Waals surface area contributed by atoms with Crippen molar-refractivity contribution in [1.82, 2.24) is 4.57 Å². The van der Waals surface area contributed by atoms with E-state index in [-0.39, 0.29) is 0 Å². The first-order chi connectivity index (χ1) is 17.0. The lowest BCUT2D eigenvalue weighted by Gasteiger charge is -2.19. The number of aliphatic hydroxyl groups excluding tert-OH is 1. The van der Waals surface area contributed by atoms with Gasteiger partial charge in [0.2, 0.25) is 0 Å². The summed E-state index contributed by atoms with van der Waals surface area (Å²) < 4.78 is 2.30. The molecular formula is C31H29ClN2O. The van der Waals surface area contributed by atoms with Gasteiger partial charge in [0.15, 0.2) is 0 Å². The van der Waals surface area contributed by atoms with Crippen molar-refractivity contribution in [2.45, 2.75) is 26.5 Å². The molecule has 0 radical (unpaired) electrons. The molecule has 4 aromatic carbocycles. The molecule has 0 spiro atoms. The lowest BCUT2D eigenvalue weighted by molar-refractivity contribution is 0.169. The van der Waals surface area contributed by atoms with Gasteiger partial charge in [0.1, 0.15) is 0 Å². The normalized spacial score (nSPS) is 12.1. The van der Waals surface area contributed by atoms with E-state index in [1.54, 1.807) is 0 Å². The summed E-state index contributed by atoms with van der Waals surface area (Å²) in [4.78, 5) is 0. The smallest absolute Gasteiger partial charge is 0.0891 e. The summed E-state index contributed by atoms with van der Waals surface area (Å²) >= 11 is 6.13. The highest BCUT2D eigenvalue weighted by molar-refractivity contribution is 6.30. The second-order valence-electron chi connectivity index (χ2n) is 9.09. The standard InChI is InChI=1S/C31H29ClN2O/c1-21-16-22(2)30-28(17-21)29(23-10-5-3-6-11-23)31(24-12-7-4-8-13-24)34(30)20-27(35)19-33-26-15-9-14-25(32)18-26/h3-18,27,33,35H,19-20H2,1-2H3. The van der Waals surface area contributed by atoms with Gasteiger partial charge in [-0.25, -0.2) is 0 Å². The molecule has 1 heterocycles. The van der Waals surface area contributed by atoms with Crippen molar-refractivity contribution in [3.63, 3.8) is 0 Å². The van der Waals surface area contributed by atoms with E-state index in [0.717, 1.165) is 22.5 Å². The average molecular weight is 481 g/mol. The number of aryl methyl sites for hydroxylation is 2. The molecule has 4 heteroatoms. The summed E-state index contributed by atoms with van der Waals surface area (Å²) in [6.45, 7) is 5.18. The lowest BCUT2D eigenvalue weighted by Crippen LogP contribution is -2.25. The second-order valence-corrected chi connectivity index (χ2v) is 9.53. The number of aromatic nitrogens is 1. The number of rotatable bonds is 7. The van der Waals surface area contributed by atoms with Gasteiger partial charge in [0, 0.05) is 28.2 Å². The van der Waals surface area contributed by atoms with E-state index < -0.39 is 6.10 Å². The van der Waals surface area contributed by atoms with Gasteiger partial charge in [-0.15, -0.1) is 0 Å². The van der Waals surface area contributed by atoms with E-state index in [1.807, 2.05) is 36.4 Å². The highest BCUT2D eigenvalue weighted by Gasteiger charge is 2.23. The monoisotopic (exact) mass is 480 g/mol. The number of benzene rings is 4. The molecule has 5 aromatic rings. The molecule has 1 unspecified atom stereocenters. The maximum Gasteiger partial charge on any atom is 0.0891 e. The van der Waals surface area contributed by atoms with Gasteiger partial charge in [-0.05, 0) is 54.8 Å². The Morgan fingerprint density at radius 3 is 2.20 bits per heavy atom. The molecule has 0 saturated heterocycles. The maximum absolute atomic E-state index is 11.2. The zero-order valence-corrected chi connectivity index (χ0v) is 20.8. The number of halogens is 1. The third kappa shape index (κ3) is 4.84. The Morgan fingerprint density at radius 2 is 1.51 bits per heavy atom. The predicted octanol–water partition coefficient (Wildman–Crippen LogP) is 7.72. The van der Waals surface area contributed by atoms with Gasteiger partial charge >= 0.3 is 0 Å². The van der Waals surface area contributed by atoms with Crippen LogP contribution in [0.15, 0.2) is 97.1 Å². The van der Waals surface area contributed by atoms with Crippen LogP contribution in [0.2, 0.25) is 5.02 Å². The fourth-order valence-electron chi connectivity index (χ4n) is 4.97. The molecular weight excluding hydrogens is 452 g/mol. The van der Waals surface area contributed by atoms with Gasteiger partial charge in [0.05, 0.1) is 23.9 Å². The molecule has 3 nitrogen and oxygen atoms in total. The van der Waals surface area contributed by atoms with Crippen LogP contribution in [0.5, 0.6) is 0 Å². The van der Waals surface area contributed by atoms with E-state index in [0.29, 0.717) is 18.1 Å². The number of hydrogen-bond donors (Lipinski definition) is 2. The SMILES string of the molecule is Cc1cc(C)c2c(c1)c(-c1ccccc1)c(-c1ccccc1)n2CC(O)CNc1cccc(Cl)c1. The molecule has 176 valence electrons. The van der Waals surface area contributed by atoms with Crippen LogP contribution in [0.3, 0.4) is 0 Å². The van der Waals surface area contributed by atoms with Crippen LogP contribution >= 0.6 is 11.6 Å². The molecule has 1 atom stereocenters. The van der Waals surface area contributed by atoms with Gasteiger partial charge in [-0.1, -0.05) is 90.0 Å². The Balaban J connectivity index is 1.65. The van der Waals surface area contributed by atoms with Crippen LogP contribution in [0.25, 0.3) is 33.3 Å². The fourth-order valence-corrected chi connectivity index (χ4v) is 5.16. The van der Waals surface area contributed by atoms with Gasteiger partial charge in [-0.3, -0.25) is 0 Å². The molecule has 0 amide bonds. The minimum Gasteiger partial charge on any atom is -0.389 e. The lowest BCUT2D eigenvalue weighted by atomic mass is 9.97. The third-order valence-corrected chi connectivity index (χ3v) is 6.60. The molecule has 2 N–H and O–H groups in total. The van der Waals surface area contributed by atoms with Crippen molar-refractivity contribution in [2.24, 2.45) is 0 Å². The second kappa shape index (κ2) is 9.99. The Morgan fingerprint density at radius 1 is 0.829 bits per heavy atom. The molecule has 0 aliphatic heterocycles. The van der Waals surface area contributed by atoms with E-state index >= 15 is 0 Å². The molecule has 5 rings (SSSR count). The Kier molecular flexibility index (Phi) is 6.63. The summed E-state index contributed by atoms with van der Waals surface area (Å²) in [5.74, 6) is 0. The Hall–Kier alpha value is -3.53. The van der Waals surface area contributed by atoms with Crippen LogP contribution in [-0.4, -0.2) is 22.3 Å². The number of anilines is 1. The van der Waals surface area contributed by atoms with Crippen molar-refractivity contribution < 1.29 is 5.11 Å². The Bertz CT molecular complexity index is 1460. The topological polar surface area (TPSA) is 37.2 Å². The first-order valence-electron chi connectivity index (χ1n) is 11.9. The molecule has 0 aliphatic rings. The first kappa shape index (κ1) is 23.2. The van der Waals surface area contributed by atoms with E-state index in [4.69, 9.17) is 11.6 Å². The summed E-state index contributed by atoms with van der Waals surface area (Å²) in [5, 5.41) is 16.4. The van der Waals surface area contributed by atoms with Crippen LogP contribution < -0.4 is 5.32 Å². The van der Waals surface area contributed by atoms with Crippen molar-refractivity contribution >= 4 is 28.2 Å². The molecule has 0 bridgehead atoms. The van der Waals surface area contributed by atoms with Crippen LogP contribution in [0.1, 0.15) is 11.1 Å². The van der Waals surface area contributed by atoms with E-state index in [2.05, 4.69) is 84.4 Å². The van der Waals surface area contributed by atoms with Crippen molar-refractivity contribution in [3.05, 3.63) is 113 Å². The van der Waals surface area contributed by atoms with Crippen LogP contribution in [0.4, 0.5) is 5.69 Å². The summed E-state index contributed by atoms with van der Waals surface area (Å²) in [6.07, 6.45) is -0.601. The van der Waals surface area contributed by atoms with Crippen LogP contribution in [-0.2, 0) is 6.54 Å². The number of nitrogens with one attached hydrogen (secondary N) is 1. The summed E-state index contributed by atoms with van der Waals surface area (Å²) in [6, 6.07) is 33.1. The van der Waals surface area contributed by atoms with Crippen LogP contribution in [0, 0.1) is 13.8 Å². The van der Waals surface area contributed by atoms with Crippen molar-refractivity contribution in [2.75, 3.05) is 11.9 Å². The molecule has 0 saturated carbocycles. The van der Waals surface area contributed by atoms with Crippen molar-refractivity contribution in [1.29, 1.82) is 0 Å². The quantitative estimate of drug-likeness (QED) is 0.250. The largest absolute Gasteiger partial charge is 0.389 e. The highest BCUT2D eigenvalue weighted by Crippen LogP contribution is 2.42. The zero-order valence-electron chi connectivity index (χ0n) is 20.0. The maximum atomic E-state index is 11.2. The fraction of sp³-hybridized carbons (Fsp3) is 0.161. The number of aliphatic hydroxyl groups is 1. The minimum absolute atomic E-state index is 0.416. The summed E-state index contributed by atoms with van der Waals surface area (Å²) in [5.41, 5.74) is 9.13. The predicted molar refractivity (Wildman–Crippen MR) is 148 cm³/mol. The van der Waals surface area contributed by atoms with Gasteiger partial charge in [-0.2, -0.15) is 0 Å². The zero-order chi connectivity index (χ0) is 24.4. The molecule has 0 aliphatic carbocycles. The number of nitrogens with zero attached hydrogens (tertiary/aromatic N) is 1. The first-order valence-corrected chi connectivity index (χ1v) is 12.3. The average Bonchev–Trinajstić information content (AvgIpc) is 3.17. The van der Waals surface area contributed by atoms with E-state index in [9.17, 15) is 5.11 Å². The molecule has 35 heavy (non-hydrogen) atoms. The third-order valence-electron chi connectivity index (χ3n) is 6.36.